The molecule has 0 radical (unpaired) electrons. The topological polar surface area (TPSA) is 116 Å². The van der Waals surface area contributed by atoms with Crippen molar-refractivity contribution in [1.29, 1.82) is 5.26 Å². The van der Waals surface area contributed by atoms with Crippen molar-refractivity contribution >= 4 is 35.0 Å². The SMILES string of the molecule is N#Cc1cccc(C(=O)Nc2ccc(Cl)cc2C(=O)N2CCC[C@@H](C(N)=O)C2)c1. The van der Waals surface area contributed by atoms with E-state index in [4.69, 9.17) is 22.6 Å². The Bertz CT molecular complexity index is 1020. The van der Waals surface area contributed by atoms with E-state index in [1.54, 1.807) is 35.2 Å². The molecular weight excluding hydrogens is 392 g/mol. The molecule has 1 fully saturated rings. The molecule has 1 saturated heterocycles. The number of anilines is 1. The number of hydrogen-bond donors (Lipinski definition) is 2. The second kappa shape index (κ2) is 8.76. The number of likely N-dealkylation sites (tertiary alicyclic amines) is 1. The molecule has 148 valence electrons. The largest absolute Gasteiger partial charge is 0.369 e. The number of piperidine rings is 1. The lowest BCUT2D eigenvalue weighted by Crippen LogP contribution is -2.44. The number of rotatable bonds is 4. The van der Waals surface area contributed by atoms with E-state index in [1.165, 1.54) is 12.1 Å². The molecule has 1 aliphatic heterocycles. The van der Waals surface area contributed by atoms with Crippen LogP contribution in [0.4, 0.5) is 5.69 Å². The minimum absolute atomic E-state index is 0.229. The third-order valence-corrected chi connectivity index (χ3v) is 5.06. The van der Waals surface area contributed by atoms with Gasteiger partial charge in [0.15, 0.2) is 0 Å². The minimum atomic E-state index is -0.452. The summed E-state index contributed by atoms with van der Waals surface area (Å²) < 4.78 is 0. The first-order valence-corrected chi connectivity index (χ1v) is 9.46. The van der Waals surface area contributed by atoms with Gasteiger partial charge in [0.1, 0.15) is 0 Å². The molecule has 3 rings (SSSR count). The standard InChI is InChI=1S/C21H19ClN4O3/c22-16-6-7-18(25-20(28)14-4-1-3-13(9-14)11-23)17(10-16)21(29)26-8-2-5-15(12-26)19(24)27/h1,3-4,6-7,9-10,15H,2,5,8,12H2,(H2,24,27)(H,25,28)/t15-/m1/s1. The molecule has 1 aliphatic rings. The summed E-state index contributed by atoms with van der Waals surface area (Å²) in [6, 6.07) is 12.8. The number of nitriles is 1. The van der Waals surface area contributed by atoms with E-state index in [0.29, 0.717) is 41.2 Å². The zero-order valence-electron chi connectivity index (χ0n) is 15.5. The van der Waals surface area contributed by atoms with Crippen molar-refractivity contribution in [2.45, 2.75) is 12.8 Å². The first-order chi connectivity index (χ1) is 13.9. The van der Waals surface area contributed by atoms with E-state index >= 15 is 0 Å². The van der Waals surface area contributed by atoms with Crippen LogP contribution in [0.1, 0.15) is 39.1 Å². The molecule has 29 heavy (non-hydrogen) atoms. The van der Waals surface area contributed by atoms with E-state index in [2.05, 4.69) is 5.32 Å². The van der Waals surface area contributed by atoms with Crippen LogP contribution in [-0.4, -0.2) is 35.7 Å². The predicted molar refractivity (Wildman–Crippen MR) is 108 cm³/mol. The molecule has 0 aliphatic carbocycles. The van der Waals surface area contributed by atoms with Gasteiger partial charge in [0.2, 0.25) is 5.91 Å². The molecule has 8 heteroatoms. The van der Waals surface area contributed by atoms with Crippen molar-refractivity contribution in [3.63, 3.8) is 0 Å². The number of nitrogens with two attached hydrogens (primary N) is 1. The summed E-state index contributed by atoms with van der Waals surface area (Å²) in [5, 5.41) is 12.1. The van der Waals surface area contributed by atoms with Crippen LogP contribution < -0.4 is 11.1 Å². The van der Waals surface area contributed by atoms with Gasteiger partial charge in [-0.1, -0.05) is 17.7 Å². The second-order valence-corrected chi connectivity index (χ2v) is 7.27. The van der Waals surface area contributed by atoms with Gasteiger partial charge in [-0.05, 0) is 49.2 Å². The molecule has 1 atom stereocenters. The molecule has 0 bridgehead atoms. The average molecular weight is 411 g/mol. The van der Waals surface area contributed by atoms with Crippen molar-refractivity contribution in [2.75, 3.05) is 18.4 Å². The van der Waals surface area contributed by atoms with Crippen molar-refractivity contribution in [3.05, 3.63) is 64.2 Å². The van der Waals surface area contributed by atoms with Crippen LogP contribution in [0.5, 0.6) is 0 Å². The van der Waals surface area contributed by atoms with Crippen molar-refractivity contribution < 1.29 is 14.4 Å². The van der Waals surface area contributed by atoms with Gasteiger partial charge in [-0.3, -0.25) is 14.4 Å². The Morgan fingerprint density at radius 3 is 2.72 bits per heavy atom. The number of benzene rings is 2. The van der Waals surface area contributed by atoms with Gasteiger partial charge < -0.3 is 16.0 Å². The quantitative estimate of drug-likeness (QED) is 0.805. The molecule has 0 saturated carbocycles. The fourth-order valence-corrected chi connectivity index (χ4v) is 3.46. The summed E-state index contributed by atoms with van der Waals surface area (Å²) in [5.41, 5.74) is 6.58. The number of hydrogen-bond acceptors (Lipinski definition) is 4. The van der Waals surface area contributed by atoms with E-state index in [-0.39, 0.29) is 18.0 Å². The number of nitrogens with one attached hydrogen (secondary N) is 1. The van der Waals surface area contributed by atoms with E-state index < -0.39 is 17.7 Å². The zero-order chi connectivity index (χ0) is 21.0. The van der Waals surface area contributed by atoms with Crippen LogP contribution >= 0.6 is 11.6 Å². The summed E-state index contributed by atoms with van der Waals surface area (Å²) in [6.45, 7) is 0.727. The number of halogens is 1. The van der Waals surface area contributed by atoms with Gasteiger partial charge in [-0.15, -0.1) is 0 Å². The molecule has 0 spiro atoms. The summed E-state index contributed by atoms with van der Waals surface area (Å²) in [7, 11) is 0. The predicted octanol–water partition coefficient (Wildman–Crippen LogP) is 2.80. The number of amides is 3. The Balaban J connectivity index is 1.86. The molecule has 3 N–H and O–H groups in total. The summed E-state index contributed by atoms with van der Waals surface area (Å²) in [5.74, 6) is -1.61. The molecule has 0 unspecified atom stereocenters. The van der Waals surface area contributed by atoms with Crippen LogP contribution in [0, 0.1) is 17.2 Å². The number of carbonyl (C=O) groups is 3. The molecule has 2 aromatic rings. The second-order valence-electron chi connectivity index (χ2n) is 6.83. The van der Waals surface area contributed by atoms with Gasteiger partial charge in [-0.25, -0.2) is 0 Å². The average Bonchev–Trinajstić information content (AvgIpc) is 2.74. The van der Waals surface area contributed by atoms with Gasteiger partial charge >= 0.3 is 0 Å². The maximum atomic E-state index is 13.1. The highest BCUT2D eigenvalue weighted by Gasteiger charge is 2.29. The van der Waals surface area contributed by atoms with Gasteiger partial charge in [0.05, 0.1) is 28.8 Å². The van der Waals surface area contributed by atoms with Crippen LogP contribution in [0.15, 0.2) is 42.5 Å². The minimum Gasteiger partial charge on any atom is -0.369 e. The fourth-order valence-electron chi connectivity index (χ4n) is 3.29. The highest BCUT2D eigenvalue weighted by atomic mass is 35.5. The Morgan fingerprint density at radius 1 is 1.21 bits per heavy atom. The molecule has 2 aromatic carbocycles. The number of carbonyl (C=O) groups excluding carboxylic acids is 3. The first-order valence-electron chi connectivity index (χ1n) is 9.08. The van der Waals surface area contributed by atoms with E-state index in [0.717, 1.165) is 0 Å². The molecule has 3 amide bonds. The zero-order valence-corrected chi connectivity index (χ0v) is 16.3. The van der Waals surface area contributed by atoms with Crippen molar-refractivity contribution in [1.82, 2.24) is 4.90 Å². The normalized spacial score (nSPS) is 16.0. The van der Waals surface area contributed by atoms with Crippen LogP contribution in [-0.2, 0) is 4.79 Å². The monoisotopic (exact) mass is 410 g/mol. The maximum absolute atomic E-state index is 13.1. The Kier molecular flexibility index (Phi) is 6.15. The van der Waals surface area contributed by atoms with Crippen molar-refractivity contribution in [2.24, 2.45) is 11.7 Å². The molecule has 7 nitrogen and oxygen atoms in total. The van der Waals surface area contributed by atoms with Gasteiger partial charge in [0, 0.05) is 23.7 Å². The molecule has 1 heterocycles. The Labute approximate surface area is 173 Å². The Hall–Kier alpha value is -3.37. The third-order valence-electron chi connectivity index (χ3n) is 4.83. The van der Waals surface area contributed by atoms with Crippen molar-refractivity contribution in [3.8, 4) is 6.07 Å². The lowest BCUT2D eigenvalue weighted by Gasteiger charge is -2.31. The highest BCUT2D eigenvalue weighted by molar-refractivity contribution is 6.31. The lowest BCUT2D eigenvalue weighted by atomic mass is 9.96. The molecule has 0 aromatic heterocycles. The van der Waals surface area contributed by atoms with Crippen LogP contribution in [0.3, 0.4) is 0 Å². The first kappa shape index (κ1) is 20.4. The number of nitrogens with zero attached hydrogens (tertiary/aromatic N) is 2. The maximum Gasteiger partial charge on any atom is 0.256 e. The summed E-state index contributed by atoms with van der Waals surface area (Å²) >= 11 is 6.08. The highest BCUT2D eigenvalue weighted by Crippen LogP contribution is 2.26. The van der Waals surface area contributed by atoms with Gasteiger partial charge in [-0.2, -0.15) is 5.26 Å². The van der Waals surface area contributed by atoms with Crippen LogP contribution in [0.2, 0.25) is 5.02 Å². The Morgan fingerprint density at radius 2 is 2.00 bits per heavy atom. The summed E-state index contributed by atoms with van der Waals surface area (Å²) in [6.07, 6.45) is 1.32. The fraction of sp³-hybridized carbons (Fsp3) is 0.238. The third kappa shape index (κ3) is 4.73. The van der Waals surface area contributed by atoms with E-state index in [9.17, 15) is 14.4 Å². The lowest BCUT2D eigenvalue weighted by molar-refractivity contribution is -0.123. The van der Waals surface area contributed by atoms with Crippen LogP contribution in [0.25, 0.3) is 0 Å². The van der Waals surface area contributed by atoms with E-state index in [1.807, 2.05) is 6.07 Å². The number of primary amides is 1. The molecular formula is C21H19ClN4O3. The van der Waals surface area contributed by atoms with Gasteiger partial charge in [0.25, 0.3) is 11.8 Å². The smallest absolute Gasteiger partial charge is 0.256 e. The summed E-state index contributed by atoms with van der Waals surface area (Å²) in [4.78, 5) is 38.8.